The molecule has 0 bridgehead atoms. The van der Waals surface area contributed by atoms with Crippen molar-refractivity contribution in [1.29, 1.82) is 0 Å². The van der Waals surface area contributed by atoms with Gasteiger partial charge in [-0.15, -0.1) is 0 Å². The quantitative estimate of drug-likeness (QED) is 0.485. The van der Waals surface area contributed by atoms with Crippen LogP contribution >= 0.6 is 11.5 Å². The topological polar surface area (TPSA) is 102 Å². The average molecular weight is 439 g/mol. The molecule has 11 heteroatoms. The van der Waals surface area contributed by atoms with E-state index in [1.54, 1.807) is 17.1 Å². The largest absolute Gasteiger partial charge is 0.454 e. The van der Waals surface area contributed by atoms with Crippen molar-refractivity contribution >= 4 is 28.6 Å². The van der Waals surface area contributed by atoms with E-state index < -0.39 is 0 Å². The first-order valence-electron chi connectivity index (χ1n) is 10.1. The lowest BCUT2D eigenvalue weighted by atomic mass is 10.2. The number of nitrogens with zero attached hydrogens (tertiary/aromatic N) is 7. The number of ether oxygens (including phenoxy) is 2. The molecule has 5 rings (SSSR count). The van der Waals surface area contributed by atoms with Crippen LogP contribution in [0.25, 0.3) is 5.95 Å². The molecule has 0 aliphatic carbocycles. The predicted molar refractivity (Wildman–Crippen MR) is 119 cm³/mol. The van der Waals surface area contributed by atoms with Crippen LogP contribution in [-0.4, -0.2) is 57.3 Å². The third-order valence-electron chi connectivity index (χ3n) is 4.94. The molecule has 0 unspecified atom stereocenters. The van der Waals surface area contributed by atoms with E-state index in [2.05, 4.69) is 40.8 Å². The van der Waals surface area contributed by atoms with E-state index in [0.717, 1.165) is 54.8 Å². The minimum atomic E-state index is 0.298. The lowest BCUT2D eigenvalue weighted by molar-refractivity contribution is 0.174. The van der Waals surface area contributed by atoms with Gasteiger partial charge in [0.15, 0.2) is 11.5 Å². The van der Waals surface area contributed by atoms with Crippen LogP contribution in [0.3, 0.4) is 0 Å². The summed E-state index contributed by atoms with van der Waals surface area (Å²) >= 11 is 1.39. The van der Waals surface area contributed by atoms with Gasteiger partial charge in [0.1, 0.15) is 6.33 Å². The van der Waals surface area contributed by atoms with E-state index in [1.807, 2.05) is 24.5 Å². The first-order valence-corrected chi connectivity index (χ1v) is 10.9. The third kappa shape index (κ3) is 4.72. The molecule has 0 saturated heterocycles. The summed E-state index contributed by atoms with van der Waals surface area (Å²) < 4.78 is 17.1. The van der Waals surface area contributed by atoms with Gasteiger partial charge in [0.05, 0.1) is 12.3 Å². The van der Waals surface area contributed by atoms with Gasteiger partial charge >= 0.3 is 0 Å². The summed E-state index contributed by atoms with van der Waals surface area (Å²) in [5, 5.41) is 12.6. The Morgan fingerprint density at radius 1 is 1.23 bits per heavy atom. The van der Waals surface area contributed by atoms with Crippen molar-refractivity contribution in [3.63, 3.8) is 0 Å². The highest BCUT2D eigenvalue weighted by molar-refractivity contribution is 7.09. The monoisotopic (exact) mass is 438 g/mol. The van der Waals surface area contributed by atoms with E-state index in [1.165, 1.54) is 17.1 Å². The molecule has 10 nitrogen and oxygen atoms in total. The summed E-state index contributed by atoms with van der Waals surface area (Å²) in [6, 6.07) is 6.04. The molecule has 31 heavy (non-hydrogen) atoms. The van der Waals surface area contributed by atoms with Gasteiger partial charge in [-0.25, -0.2) is 4.98 Å². The first-order chi connectivity index (χ1) is 15.3. The van der Waals surface area contributed by atoms with Crippen molar-refractivity contribution in [2.45, 2.75) is 19.4 Å². The second-order valence-corrected chi connectivity index (χ2v) is 7.89. The van der Waals surface area contributed by atoms with Gasteiger partial charge < -0.3 is 19.7 Å². The first kappa shape index (κ1) is 19.6. The van der Waals surface area contributed by atoms with Crippen LogP contribution in [0.1, 0.15) is 18.4 Å². The van der Waals surface area contributed by atoms with Gasteiger partial charge in [-0.2, -0.15) is 19.6 Å². The second kappa shape index (κ2) is 9.23. The Labute approximate surface area is 183 Å². The molecule has 0 fully saturated rings. The minimum Gasteiger partial charge on any atom is -0.454 e. The van der Waals surface area contributed by atoms with Crippen molar-refractivity contribution in [3.8, 4) is 17.4 Å². The van der Waals surface area contributed by atoms with Crippen LogP contribution in [0.2, 0.25) is 0 Å². The van der Waals surface area contributed by atoms with Crippen LogP contribution in [0.4, 0.5) is 5.13 Å². The van der Waals surface area contributed by atoms with Crippen LogP contribution < -0.4 is 19.7 Å². The van der Waals surface area contributed by atoms with Crippen LogP contribution in [0, 0.1) is 0 Å². The number of imidazole rings is 1. The molecular weight excluding hydrogens is 416 g/mol. The van der Waals surface area contributed by atoms with E-state index in [9.17, 15) is 0 Å². The van der Waals surface area contributed by atoms with Crippen molar-refractivity contribution in [2.75, 3.05) is 31.3 Å². The number of nitrogens with one attached hydrogen (secondary N) is 1. The average Bonchev–Trinajstić information content (AvgIpc) is 3.59. The van der Waals surface area contributed by atoms with Crippen molar-refractivity contribution in [3.05, 3.63) is 42.5 Å². The van der Waals surface area contributed by atoms with Gasteiger partial charge in [0.25, 0.3) is 0 Å². The maximum absolute atomic E-state index is 5.44. The molecule has 160 valence electrons. The predicted octanol–water partition coefficient (Wildman–Crippen LogP) is 2.27. The second-order valence-electron chi connectivity index (χ2n) is 7.15. The Kier molecular flexibility index (Phi) is 5.85. The zero-order valence-corrected chi connectivity index (χ0v) is 17.7. The van der Waals surface area contributed by atoms with Crippen molar-refractivity contribution < 1.29 is 9.47 Å². The maximum atomic E-state index is 5.44. The summed E-state index contributed by atoms with van der Waals surface area (Å²) in [5.74, 6) is 2.26. The summed E-state index contributed by atoms with van der Waals surface area (Å²) in [7, 11) is 0. The molecule has 1 N–H and O–H groups in total. The van der Waals surface area contributed by atoms with E-state index >= 15 is 0 Å². The molecule has 1 aromatic carbocycles. The number of benzene rings is 1. The SMILES string of the molecule is C1=NN=C(CN(CCCNCc2ccc3c(c2)OCO3)c2nc(-n3ccnc3)ns2)C1. The van der Waals surface area contributed by atoms with Crippen molar-refractivity contribution in [2.24, 2.45) is 10.2 Å². The van der Waals surface area contributed by atoms with E-state index in [-0.39, 0.29) is 0 Å². The van der Waals surface area contributed by atoms with Gasteiger partial charge in [0, 0.05) is 49.7 Å². The summed E-state index contributed by atoms with van der Waals surface area (Å²) in [5.41, 5.74) is 2.21. The Hall–Kier alpha value is -3.31. The lowest BCUT2D eigenvalue weighted by Crippen LogP contribution is -2.32. The van der Waals surface area contributed by atoms with E-state index in [4.69, 9.17) is 9.47 Å². The van der Waals surface area contributed by atoms with Gasteiger partial charge in [-0.1, -0.05) is 6.07 Å². The Morgan fingerprint density at radius 2 is 2.19 bits per heavy atom. The Bertz CT molecular complexity index is 1080. The molecule has 0 atom stereocenters. The lowest BCUT2D eigenvalue weighted by Gasteiger charge is -2.21. The fourth-order valence-corrected chi connectivity index (χ4v) is 4.06. The van der Waals surface area contributed by atoms with Gasteiger partial charge in [-0.3, -0.25) is 4.57 Å². The molecule has 2 aromatic heterocycles. The highest BCUT2D eigenvalue weighted by Gasteiger charge is 2.17. The van der Waals surface area contributed by atoms with Crippen LogP contribution in [0.5, 0.6) is 11.5 Å². The fourth-order valence-electron chi connectivity index (χ4n) is 3.37. The highest BCUT2D eigenvalue weighted by atomic mass is 32.1. The molecule has 2 aliphatic heterocycles. The third-order valence-corrected chi connectivity index (χ3v) is 5.71. The zero-order chi connectivity index (χ0) is 20.9. The standard InChI is InChI=1S/C20H22N8O2S/c1(5-21-11-15-2-3-17-18(10-15)30-14-29-17)8-27(12-16-4-6-23-25-16)20-24-19(26-31-20)28-9-7-22-13-28/h2-3,6-7,9-10,13,21H,1,4-5,8,11-12,14H2. The summed E-state index contributed by atoms with van der Waals surface area (Å²) in [4.78, 5) is 11.0. The number of rotatable bonds is 10. The highest BCUT2D eigenvalue weighted by Crippen LogP contribution is 2.32. The number of hydrogen-bond donors (Lipinski definition) is 1. The number of aromatic nitrogens is 4. The Morgan fingerprint density at radius 3 is 3.06 bits per heavy atom. The van der Waals surface area contributed by atoms with Crippen molar-refractivity contribution in [1.82, 2.24) is 24.2 Å². The van der Waals surface area contributed by atoms with Gasteiger partial charge in [-0.05, 0) is 30.7 Å². The molecule has 0 saturated carbocycles. The minimum absolute atomic E-state index is 0.298. The molecule has 2 aliphatic rings. The van der Waals surface area contributed by atoms with E-state index in [0.29, 0.717) is 19.3 Å². The molecule has 4 heterocycles. The zero-order valence-electron chi connectivity index (χ0n) is 16.8. The molecular formula is C20H22N8O2S. The number of anilines is 1. The molecule has 3 aromatic rings. The fraction of sp³-hybridized carbons (Fsp3) is 0.350. The molecule has 0 radical (unpaired) electrons. The van der Waals surface area contributed by atoms with Gasteiger partial charge in [0.2, 0.25) is 17.9 Å². The number of hydrogen-bond acceptors (Lipinski definition) is 10. The maximum Gasteiger partial charge on any atom is 0.248 e. The normalized spacial score (nSPS) is 14.3. The summed E-state index contributed by atoms with van der Waals surface area (Å²) in [6.45, 7) is 3.49. The van der Waals surface area contributed by atoms with Crippen LogP contribution in [0.15, 0.2) is 47.1 Å². The van der Waals surface area contributed by atoms with Crippen LogP contribution in [-0.2, 0) is 6.54 Å². The Balaban J connectivity index is 1.16. The summed E-state index contributed by atoms with van der Waals surface area (Å²) in [6.07, 6.45) is 8.83. The number of fused-ring (bicyclic) bond motifs is 1. The smallest absolute Gasteiger partial charge is 0.248 e. The molecule has 0 amide bonds. The molecule has 0 spiro atoms.